The molecular weight excluding hydrogens is 509 g/mol. The summed E-state index contributed by atoms with van der Waals surface area (Å²) >= 11 is 0. The average Bonchev–Trinajstić information content (AvgIpc) is 3.37. The smallest absolute Gasteiger partial charge is 0.180 e. The van der Waals surface area contributed by atoms with Crippen LogP contribution in [0.5, 0.6) is 11.5 Å². The largest absolute Gasteiger partial charge is 0.497 e. The van der Waals surface area contributed by atoms with Gasteiger partial charge in [0, 0.05) is 39.3 Å². The molecule has 2 heterocycles. The Bertz CT molecular complexity index is 1580. The highest BCUT2D eigenvalue weighted by atomic mass is 19.1. The van der Waals surface area contributed by atoms with Crippen molar-refractivity contribution < 1.29 is 28.2 Å². The van der Waals surface area contributed by atoms with E-state index in [0.29, 0.717) is 39.4 Å². The van der Waals surface area contributed by atoms with Crippen LogP contribution < -0.4 is 14.4 Å². The lowest BCUT2D eigenvalue weighted by Gasteiger charge is -2.38. The first-order valence-electron chi connectivity index (χ1n) is 13.3. The molecule has 204 valence electrons. The molecule has 0 aromatic heterocycles. The van der Waals surface area contributed by atoms with Gasteiger partial charge in [-0.15, -0.1) is 0 Å². The predicted molar refractivity (Wildman–Crippen MR) is 150 cm³/mol. The summed E-state index contributed by atoms with van der Waals surface area (Å²) in [5.74, 6) is -1.22. The molecule has 3 unspecified atom stereocenters. The summed E-state index contributed by atoms with van der Waals surface area (Å²) in [4.78, 5) is 45.8. The summed E-state index contributed by atoms with van der Waals surface area (Å²) in [6, 6.07) is 14.7. The highest BCUT2D eigenvalue weighted by Gasteiger charge is 2.72. The number of hydrogen-bond acceptors (Lipinski definition) is 6. The van der Waals surface area contributed by atoms with Gasteiger partial charge in [0.05, 0.1) is 26.3 Å². The molecule has 2 aliphatic heterocycles. The van der Waals surface area contributed by atoms with Crippen molar-refractivity contribution in [3.63, 3.8) is 0 Å². The molecule has 0 bridgehead atoms. The third-order valence-corrected chi connectivity index (χ3v) is 8.55. The Morgan fingerprint density at radius 2 is 1.60 bits per heavy atom. The molecule has 6 rings (SSSR count). The monoisotopic (exact) mass is 539 g/mol. The molecule has 0 N–H and O–H groups in total. The molecule has 1 spiro atoms. The topological polar surface area (TPSA) is 72.9 Å². The van der Waals surface area contributed by atoms with Gasteiger partial charge in [0.2, 0.25) is 0 Å². The van der Waals surface area contributed by atoms with Gasteiger partial charge in [-0.1, -0.05) is 57.2 Å². The minimum atomic E-state index is -1.67. The van der Waals surface area contributed by atoms with E-state index in [2.05, 4.69) is 0 Å². The average molecular weight is 540 g/mol. The Labute approximate surface area is 232 Å². The molecule has 1 fully saturated rings. The van der Waals surface area contributed by atoms with Gasteiger partial charge in [0.25, 0.3) is 0 Å². The normalized spacial score (nSPS) is 22.2. The van der Waals surface area contributed by atoms with Gasteiger partial charge < -0.3 is 14.4 Å². The van der Waals surface area contributed by atoms with E-state index in [4.69, 9.17) is 9.47 Å². The molecular formula is C33H30FNO5. The van der Waals surface area contributed by atoms with E-state index in [1.165, 1.54) is 26.4 Å². The van der Waals surface area contributed by atoms with E-state index in [-0.39, 0.29) is 17.3 Å². The maximum Gasteiger partial charge on any atom is 0.180 e. The number of halogens is 1. The van der Waals surface area contributed by atoms with Crippen LogP contribution in [0, 0.1) is 16.6 Å². The Morgan fingerprint density at radius 3 is 2.20 bits per heavy atom. The van der Waals surface area contributed by atoms with Crippen LogP contribution in [0.2, 0.25) is 0 Å². The fourth-order valence-electron chi connectivity index (χ4n) is 6.82. The molecule has 0 radical (unpaired) electrons. The zero-order valence-electron chi connectivity index (χ0n) is 23.0. The van der Waals surface area contributed by atoms with E-state index >= 15 is 0 Å². The molecule has 0 saturated carbocycles. The Kier molecular flexibility index (Phi) is 5.77. The van der Waals surface area contributed by atoms with E-state index < -0.39 is 34.6 Å². The van der Waals surface area contributed by atoms with Gasteiger partial charge in [-0.25, -0.2) is 4.39 Å². The number of hydrogen-bond donors (Lipinski definition) is 0. The molecule has 3 aromatic carbocycles. The van der Waals surface area contributed by atoms with E-state index in [0.717, 1.165) is 0 Å². The highest BCUT2D eigenvalue weighted by molar-refractivity contribution is 6.32. The van der Waals surface area contributed by atoms with Crippen molar-refractivity contribution in [1.82, 2.24) is 0 Å². The molecule has 7 heteroatoms. The van der Waals surface area contributed by atoms with Crippen LogP contribution in [0.3, 0.4) is 0 Å². The molecule has 1 saturated heterocycles. The van der Waals surface area contributed by atoms with Crippen molar-refractivity contribution in [3.8, 4) is 11.5 Å². The zero-order chi connectivity index (χ0) is 28.6. The second kappa shape index (κ2) is 8.88. The fourth-order valence-corrected chi connectivity index (χ4v) is 6.82. The summed E-state index contributed by atoms with van der Waals surface area (Å²) in [6.45, 7) is 5.48. The van der Waals surface area contributed by atoms with E-state index in [1.807, 2.05) is 25.7 Å². The van der Waals surface area contributed by atoms with Crippen molar-refractivity contribution in [1.29, 1.82) is 0 Å². The Morgan fingerprint density at radius 1 is 0.925 bits per heavy atom. The molecule has 6 nitrogen and oxygen atoms in total. The van der Waals surface area contributed by atoms with Crippen LogP contribution in [0.25, 0.3) is 6.08 Å². The lowest BCUT2D eigenvalue weighted by molar-refractivity contribution is -0.127. The summed E-state index contributed by atoms with van der Waals surface area (Å²) < 4.78 is 25.7. The van der Waals surface area contributed by atoms with Crippen molar-refractivity contribution in [2.45, 2.75) is 38.8 Å². The molecule has 40 heavy (non-hydrogen) atoms. The predicted octanol–water partition coefficient (Wildman–Crippen LogP) is 5.89. The van der Waals surface area contributed by atoms with Gasteiger partial charge in [0.15, 0.2) is 17.3 Å². The second-order valence-corrected chi connectivity index (χ2v) is 11.6. The van der Waals surface area contributed by atoms with Crippen molar-refractivity contribution >= 4 is 29.1 Å². The second-order valence-electron chi connectivity index (χ2n) is 11.6. The highest BCUT2D eigenvalue weighted by Crippen LogP contribution is 2.62. The van der Waals surface area contributed by atoms with Crippen LogP contribution in [0.4, 0.5) is 10.1 Å². The number of rotatable bonds is 4. The van der Waals surface area contributed by atoms with Crippen LogP contribution in [0.1, 0.15) is 58.5 Å². The van der Waals surface area contributed by atoms with E-state index in [1.54, 1.807) is 60.7 Å². The third-order valence-electron chi connectivity index (χ3n) is 8.55. The van der Waals surface area contributed by atoms with Crippen molar-refractivity contribution in [3.05, 3.63) is 94.8 Å². The van der Waals surface area contributed by atoms with Crippen LogP contribution >= 0.6 is 0 Å². The number of carbonyl (C=O) groups is 3. The molecule has 1 aliphatic carbocycles. The third kappa shape index (κ3) is 3.36. The number of benzene rings is 3. The molecule has 3 atom stereocenters. The standard InChI is InChI=1S/C33H30FNO5/c1-32(2,3)31(38)28-27(23-17-20(39-4)12-14-25(23)40-5)33(29(36)21-8-6-7-9-22(21)30(33)37)26-15-10-18-16-19(34)11-13-24(18)35(26)28/h6-17,26-28H,1-5H3. The summed E-state index contributed by atoms with van der Waals surface area (Å²) in [7, 11) is 3.05. The van der Waals surface area contributed by atoms with Gasteiger partial charge in [-0.05, 0) is 36.4 Å². The number of anilines is 1. The number of Topliss-reactive ketones (excluding diaryl/α,β-unsaturated/α-hetero) is 3. The van der Waals surface area contributed by atoms with E-state index in [9.17, 15) is 18.8 Å². The van der Waals surface area contributed by atoms with Gasteiger partial charge >= 0.3 is 0 Å². The van der Waals surface area contributed by atoms with Gasteiger partial charge in [-0.2, -0.15) is 0 Å². The Balaban J connectivity index is 1.74. The SMILES string of the molecule is COc1ccc(OC)c(C2C(C(=O)C(C)(C)C)N3c4ccc(F)cc4C=CC3C23C(=O)c2ccccc2C3=O)c1. The summed E-state index contributed by atoms with van der Waals surface area (Å²) in [6.07, 6.45) is 3.52. The van der Waals surface area contributed by atoms with Crippen LogP contribution in [-0.4, -0.2) is 43.7 Å². The van der Waals surface area contributed by atoms with Crippen LogP contribution in [-0.2, 0) is 4.79 Å². The zero-order valence-corrected chi connectivity index (χ0v) is 23.0. The maximum atomic E-state index is 14.7. The maximum absolute atomic E-state index is 14.7. The minimum absolute atomic E-state index is 0.147. The quantitative estimate of drug-likeness (QED) is 0.385. The van der Waals surface area contributed by atoms with Crippen molar-refractivity contribution in [2.75, 3.05) is 19.1 Å². The number of ether oxygens (including phenoxy) is 2. The first-order chi connectivity index (χ1) is 19.0. The molecule has 0 amide bonds. The number of carbonyl (C=O) groups excluding carboxylic acids is 3. The Hall–Kier alpha value is -4.26. The first-order valence-corrected chi connectivity index (χ1v) is 13.3. The van der Waals surface area contributed by atoms with Crippen LogP contribution in [0.15, 0.2) is 66.7 Å². The lowest BCUT2D eigenvalue weighted by atomic mass is 9.63. The van der Waals surface area contributed by atoms with Crippen molar-refractivity contribution in [2.24, 2.45) is 10.8 Å². The number of methoxy groups -OCH3 is 2. The first kappa shape index (κ1) is 26.0. The lowest BCUT2D eigenvalue weighted by Crippen LogP contribution is -2.49. The fraction of sp³-hybridized carbons (Fsp3) is 0.303. The minimum Gasteiger partial charge on any atom is -0.497 e. The van der Waals surface area contributed by atoms with Gasteiger partial charge in [0.1, 0.15) is 22.7 Å². The number of fused-ring (bicyclic) bond motifs is 5. The number of nitrogens with zero attached hydrogens (tertiary/aromatic N) is 1. The number of ketones is 3. The summed E-state index contributed by atoms with van der Waals surface area (Å²) in [5.41, 5.74) is -0.126. The molecule has 3 aliphatic rings. The summed E-state index contributed by atoms with van der Waals surface area (Å²) in [5, 5.41) is 0. The van der Waals surface area contributed by atoms with Gasteiger partial charge in [-0.3, -0.25) is 14.4 Å². The molecule has 3 aromatic rings.